The van der Waals surface area contributed by atoms with Crippen molar-refractivity contribution >= 4 is 16.0 Å². The number of sulfonamides is 1. The Kier molecular flexibility index (Phi) is 8.57. The number of rotatable bonds is 7. The third kappa shape index (κ3) is 6.45. The van der Waals surface area contributed by atoms with Crippen molar-refractivity contribution < 1.29 is 8.42 Å². The third-order valence-electron chi connectivity index (χ3n) is 6.55. The van der Waals surface area contributed by atoms with Crippen LogP contribution in [0.4, 0.5) is 0 Å². The van der Waals surface area contributed by atoms with Gasteiger partial charge in [0.25, 0.3) is 0 Å². The Morgan fingerprint density at radius 1 is 1.07 bits per heavy atom. The zero-order valence-electron chi connectivity index (χ0n) is 18.5. The molecule has 0 unspecified atom stereocenters. The molecule has 0 amide bonds. The number of nitrogens with one attached hydrogen (secondary N) is 2. The van der Waals surface area contributed by atoms with Gasteiger partial charge in [0.15, 0.2) is 5.96 Å². The molecule has 2 aliphatic rings. The first-order chi connectivity index (χ1) is 14.5. The summed E-state index contributed by atoms with van der Waals surface area (Å²) >= 11 is 0. The number of hydrogen-bond donors (Lipinski definition) is 2. The molecule has 1 heterocycles. The maximum Gasteiger partial charge on any atom is 0.214 e. The van der Waals surface area contributed by atoms with E-state index >= 15 is 0 Å². The summed E-state index contributed by atoms with van der Waals surface area (Å²) in [6.45, 7) is 4.06. The van der Waals surface area contributed by atoms with Crippen molar-refractivity contribution in [2.45, 2.75) is 63.8 Å². The molecule has 2 fully saturated rings. The summed E-state index contributed by atoms with van der Waals surface area (Å²) < 4.78 is 26.1. The lowest BCUT2D eigenvalue weighted by atomic mass is 9.79. The number of aliphatic imine (C=N–C) groups is 1. The van der Waals surface area contributed by atoms with E-state index in [9.17, 15) is 8.42 Å². The smallest absolute Gasteiger partial charge is 0.214 e. The molecule has 1 saturated heterocycles. The van der Waals surface area contributed by atoms with Crippen LogP contribution in [0.25, 0.3) is 0 Å². The molecule has 0 radical (unpaired) electrons. The predicted octanol–water partition coefficient (Wildman–Crippen LogP) is 3.33. The van der Waals surface area contributed by atoms with Crippen LogP contribution in [-0.4, -0.2) is 57.2 Å². The quantitative estimate of drug-likeness (QED) is 0.510. The van der Waals surface area contributed by atoms with Gasteiger partial charge in [0.2, 0.25) is 10.0 Å². The second kappa shape index (κ2) is 11.1. The lowest BCUT2D eigenvalue weighted by Gasteiger charge is -2.33. The average molecular weight is 435 g/mol. The number of hydrogen-bond acceptors (Lipinski definition) is 3. The molecule has 6 nitrogen and oxygen atoms in total. The van der Waals surface area contributed by atoms with Crippen molar-refractivity contribution in [1.29, 1.82) is 0 Å². The molecule has 0 bridgehead atoms. The van der Waals surface area contributed by atoms with Gasteiger partial charge in [-0.1, -0.05) is 37.3 Å². The molecule has 168 valence electrons. The van der Waals surface area contributed by atoms with Gasteiger partial charge in [0.1, 0.15) is 0 Å². The SMILES string of the molecule is CCCS(=O)(=O)N1CCC(NC(=NC)NCC2CCC(c3ccccc3)CC2)CC1. The van der Waals surface area contributed by atoms with Crippen LogP contribution in [0.1, 0.15) is 63.4 Å². The van der Waals surface area contributed by atoms with Crippen LogP contribution < -0.4 is 10.6 Å². The van der Waals surface area contributed by atoms with Crippen LogP contribution in [0.5, 0.6) is 0 Å². The van der Waals surface area contributed by atoms with E-state index in [0.29, 0.717) is 31.3 Å². The van der Waals surface area contributed by atoms with Gasteiger partial charge in [-0.2, -0.15) is 0 Å². The monoisotopic (exact) mass is 434 g/mol. The van der Waals surface area contributed by atoms with E-state index in [4.69, 9.17) is 0 Å². The van der Waals surface area contributed by atoms with Crippen molar-refractivity contribution in [2.24, 2.45) is 10.9 Å². The highest BCUT2D eigenvalue weighted by molar-refractivity contribution is 7.89. The molecule has 2 N–H and O–H groups in total. The van der Waals surface area contributed by atoms with E-state index in [1.54, 1.807) is 4.31 Å². The van der Waals surface area contributed by atoms with E-state index in [2.05, 4.69) is 46.0 Å². The fraction of sp³-hybridized carbons (Fsp3) is 0.696. The summed E-state index contributed by atoms with van der Waals surface area (Å²) in [6.07, 6.45) is 7.33. The molecule has 7 heteroatoms. The number of benzene rings is 1. The molecule has 30 heavy (non-hydrogen) atoms. The summed E-state index contributed by atoms with van der Waals surface area (Å²) in [7, 11) is -1.27. The molecular weight excluding hydrogens is 396 g/mol. The molecule has 1 aliphatic carbocycles. The Bertz CT molecular complexity index is 766. The average Bonchev–Trinajstić information content (AvgIpc) is 2.78. The third-order valence-corrected chi connectivity index (χ3v) is 8.63. The van der Waals surface area contributed by atoms with Gasteiger partial charge in [-0.05, 0) is 62.3 Å². The highest BCUT2D eigenvalue weighted by Gasteiger charge is 2.28. The summed E-state index contributed by atoms with van der Waals surface area (Å²) in [5.74, 6) is 2.48. The molecule has 1 aromatic carbocycles. The molecule has 1 aliphatic heterocycles. The number of guanidine groups is 1. The van der Waals surface area contributed by atoms with Gasteiger partial charge in [-0.15, -0.1) is 0 Å². The summed E-state index contributed by atoms with van der Waals surface area (Å²) in [5, 5.41) is 7.01. The van der Waals surface area contributed by atoms with E-state index in [0.717, 1.165) is 25.3 Å². The van der Waals surface area contributed by atoms with Crippen molar-refractivity contribution in [2.75, 3.05) is 32.4 Å². The molecule has 0 spiro atoms. The summed E-state index contributed by atoms with van der Waals surface area (Å²) in [5.41, 5.74) is 1.48. The van der Waals surface area contributed by atoms with Crippen molar-refractivity contribution in [3.05, 3.63) is 35.9 Å². The molecule has 3 rings (SSSR count). The minimum absolute atomic E-state index is 0.251. The zero-order chi connectivity index (χ0) is 21.4. The fourth-order valence-corrected chi connectivity index (χ4v) is 6.26. The van der Waals surface area contributed by atoms with E-state index in [-0.39, 0.29) is 11.8 Å². The van der Waals surface area contributed by atoms with Gasteiger partial charge >= 0.3 is 0 Å². The minimum atomic E-state index is -3.08. The largest absolute Gasteiger partial charge is 0.356 e. The maximum absolute atomic E-state index is 12.2. The van der Waals surface area contributed by atoms with Gasteiger partial charge < -0.3 is 10.6 Å². The first kappa shape index (κ1) is 23.1. The molecular formula is C23H38N4O2S. The lowest BCUT2D eigenvalue weighted by Crippen LogP contribution is -2.50. The second-order valence-corrected chi connectivity index (χ2v) is 10.8. The Hall–Kier alpha value is -1.60. The van der Waals surface area contributed by atoms with E-state index < -0.39 is 10.0 Å². The van der Waals surface area contributed by atoms with Gasteiger partial charge in [0.05, 0.1) is 5.75 Å². The van der Waals surface area contributed by atoms with Crippen molar-refractivity contribution in [3.63, 3.8) is 0 Å². The molecule has 0 aromatic heterocycles. The molecule has 0 atom stereocenters. The fourth-order valence-electron chi connectivity index (χ4n) is 4.72. The predicted molar refractivity (Wildman–Crippen MR) is 124 cm³/mol. The standard InChI is InChI=1S/C23H38N4O2S/c1-3-17-30(28,29)27-15-13-22(14-16-27)26-23(24-2)25-18-19-9-11-21(12-10-19)20-7-5-4-6-8-20/h4-8,19,21-22H,3,9-18H2,1-2H3,(H2,24,25,26). The Labute approximate surface area is 182 Å². The molecule has 1 aromatic rings. The maximum atomic E-state index is 12.2. The van der Waals surface area contributed by atoms with Crippen LogP contribution in [-0.2, 0) is 10.0 Å². The first-order valence-electron chi connectivity index (χ1n) is 11.5. The zero-order valence-corrected chi connectivity index (χ0v) is 19.3. The number of piperidine rings is 1. The Balaban J connectivity index is 1.38. The minimum Gasteiger partial charge on any atom is -0.356 e. The normalized spacial score (nSPS) is 24.5. The second-order valence-electron chi connectivity index (χ2n) is 8.72. The summed E-state index contributed by atoms with van der Waals surface area (Å²) in [6, 6.07) is 11.2. The van der Waals surface area contributed by atoms with Crippen LogP contribution in [0.3, 0.4) is 0 Å². The van der Waals surface area contributed by atoms with Crippen LogP contribution in [0.15, 0.2) is 35.3 Å². The topological polar surface area (TPSA) is 73.8 Å². The lowest BCUT2D eigenvalue weighted by molar-refractivity contribution is 0.303. The number of nitrogens with zero attached hydrogens (tertiary/aromatic N) is 2. The van der Waals surface area contributed by atoms with Crippen LogP contribution in [0, 0.1) is 5.92 Å². The van der Waals surface area contributed by atoms with Crippen LogP contribution in [0.2, 0.25) is 0 Å². The van der Waals surface area contributed by atoms with Gasteiger partial charge in [-0.25, -0.2) is 12.7 Å². The van der Waals surface area contributed by atoms with Gasteiger partial charge in [0, 0.05) is 32.7 Å². The summed E-state index contributed by atoms with van der Waals surface area (Å²) in [4.78, 5) is 4.39. The van der Waals surface area contributed by atoms with Gasteiger partial charge in [-0.3, -0.25) is 4.99 Å². The van der Waals surface area contributed by atoms with Crippen molar-refractivity contribution in [3.8, 4) is 0 Å². The molecule has 1 saturated carbocycles. The van der Waals surface area contributed by atoms with Crippen molar-refractivity contribution in [1.82, 2.24) is 14.9 Å². The highest BCUT2D eigenvalue weighted by atomic mass is 32.2. The Morgan fingerprint density at radius 2 is 1.73 bits per heavy atom. The van der Waals surface area contributed by atoms with E-state index in [1.165, 1.54) is 31.2 Å². The van der Waals surface area contributed by atoms with Crippen LogP contribution >= 0.6 is 0 Å². The Morgan fingerprint density at radius 3 is 2.33 bits per heavy atom. The van der Waals surface area contributed by atoms with E-state index in [1.807, 2.05) is 14.0 Å². The highest BCUT2D eigenvalue weighted by Crippen LogP contribution is 2.35. The first-order valence-corrected chi connectivity index (χ1v) is 13.1.